The van der Waals surface area contributed by atoms with Gasteiger partial charge in [-0.25, -0.2) is 0 Å². The van der Waals surface area contributed by atoms with E-state index in [0.29, 0.717) is 12.3 Å². The van der Waals surface area contributed by atoms with Crippen molar-refractivity contribution < 1.29 is 9.53 Å². The first-order valence-electron chi connectivity index (χ1n) is 9.29. The van der Waals surface area contributed by atoms with Crippen molar-refractivity contribution in [3.05, 3.63) is 42.2 Å². The smallest absolute Gasteiger partial charge is 0.269 e. The summed E-state index contributed by atoms with van der Waals surface area (Å²) in [7, 11) is 1.91. The number of aryl methyl sites for hydroxylation is 1. The fourth-order valence-electron chi connectivity index (χ4n) is 3.79. The maximum Gasteiger partial charge on any atom is 0.269 e. The first kappa shape index (κ1) is 17.9. The van der Waals surface area contributed by atoms with Crippen LogP contribution in [0, 0.1) is 5.92 Å². The normalized spacial score (nSPS) is 22.9. The number of amides is 1. The Morgan fingerprint density at radius 1 is 1.37 bits per heavy atom. The molecule has 2 aliphatic heterocycles. The molecule has 0 radical (unpaired) electrons. The van der Waals surface area contributed by atoms with Crippen molar-refractivity contribution in [1.29, 1.82) is 0 Å². The molecule has 3 heterocycles. The second-order valence-corrected chi connectivity index (χ2v) is 7.58. The minimum Gasteiger partial charge on any atom is -0.370 e. The summed E-state index contributed by atoms with van der Waals surface area (Å²) >= 11 is 0. The summed E-state index contributed by atoms with van der Waals surface area (Å²) in [5.41, 5.74) is 1.64. The van der Waals surface area contributed by atoms with Crippen molar-refractivity contribution in [2.45, 2.75) is 25.5 Å². The molecule has 27 heavy (non-hydrogen) atoms. The Morgan fingerprint density at radius 2 is 2.19 bits per heavy atom. The third kappa shape index (κ3) is 3.28. The van der Waals surface area contributed by atoms with Crippen LogP contribution < -0.4 is 10.6 Å². The molecular formula is C20H25N5O2. The van der Waals surface area contributed by atoms with Gasteiger partial charge in [0.25, 0.3) is 5.91 Å². The van der Waals surface area contributed by atoms with E-state index in [1.807, 2.05) is 55.9 Å². The fraction of sp³-hybridized carbons (Fsp3) is 0.450. The van der Waals surface area contributed by atoms with Gasteiger partial charge in [0.1, 0.15) is 11.8 Å². The van der Waals surface area contributed by atoms with Gasteiger partial charge in [-0.1, -0.05) is 24.3 Å². The third-order valence-corrected chi connectivity index (χ3v) is 5.17. The van der Waals surface area contributed by atoms with E-state index in [4.69, 9.17) is 4.74 Å². The van der Waals surface area contributed by atoms with Crippen LogP contribution in [0.4, 0.5) is 0 Å². The molecular weight excluding hydrogens is 342 g/mol. The number of hydrogen-bond donors (Lipinski definition) is 2. The van der Waals surface area contributed by atoms with Crippen LogP contribution in [0.5, 0.6) is 0 Å². The van der Waals surface area contributed by atoms with Crippen LogP contribution in [0.1, 0.15) is 19.5 Å². The van der Waals surface area contributed by atoms with Crippen molar-refractivity contribution in [1.82, 2.24) is 20.4 Å². The molecule has 7 heteroatoms. The Labute approximate surface area is 158 Å². The number of rotatable bonds is 3. The molecule has 1 aromatic carbocycles. The van der Waals surface area contributed by atoms with Gasteiger partial charge in [0.2, 0.25) is 0 Å². The molecule has 142 valence electrons. The number of nitrogens with one attached hydrogen (secondary N) is 2. The maximum atomic E-state index is 13.1. The minimum atomic E-state index is -0.653. The van der Waals surface area contributed by atoms with Crippen LogP contribution in [-0.4, -0.2) is 47.2 Å². The van der Waals surface area contributed by atoms with Gasteiger partial charge < -0.3 is 15.4 Å². The molecule has 2 unspecified atom stereocenters. The Bertz CT molecular complexity index is 928. The number of para-hydroxylation sites is 1. The van der Waals surface area contributed by atoms with Crippen LogP contribution in [0.3, 0.4) is 0 Å². The predicted molar refractivity (Wildman–Crippen MR) is 105 cm³/mol. The number of aliphatic imine (C=N–C) groups is 1. The van der Waals surface area contributed by atoms with E-state index in [2.05, 4.69) is 20.7 Å². The van der Waals surface area contributed by atoms with Crippen molar-refractivity contribution in [3.63, 3.8) is 0 Å². The van der Waals surface area contributed by atoms with Gasteiger partial charge in [-0.2, -0.15) is 5.10 Å². The lowest BCUT2D eigenvalue weighted by molar-refractivity contribution is -0.117. The molecule has 1 fully saturated rings. The van der Waals surface area contributed by atoms with Gasteiger partial charge in [0.05, 0.1) is 23.4 Å². The lowest BCUT2D eigenvalue weighted by atomic mass is 9.93. The van der Waals surface area contributed by atoms with Crippen LogP contribution >= 0.6 is 0 Å². The first-order chi connectivity index (χ1) is 13.0. The third-order valence-electron chi connectivity index (χ3n) is 5.17. The quantitative estimate of drug-likeness (QED) is 0.862. The van der Waals surface area contributed by atoms with Crippen LogP contribution in [0.25, 0.3) is 10.9 Å². The SMILES string of the molecule is Cn1nc(C(C)(C)NC(=O)C2=NC=CC3CNCCOC23)c2ccccc21. The van der Waals surface area contributed by atoms with E-state index in [9.17, 15) is 4.79 Å². The summed E-state index contributed by atoms with van der Waals surface area (Å²) in [6, 6.07) is 8.03. The molecule has 1 aromatic heterocycles. The highest BCUT2D eigenvalue weighted by Gasteiger charge is 2.36. The van der Waals surface area contributed by atoms with Crippen molar-refractivity contribution in [2.75, 3.05) is 19.7 Å². The summed E-state index contributed by atoms with van der Waals surface area (Å²) in [6.07, 6.45) is 3.38. The summed E-state index contributed by atoms with van der Waals surface area (Å²) in [6.45, 7) is 6.05. The van der Waals surface area contributed by atoms with E-state index < -0.39 is 5.54 Å². The summed E-state index contributed by atoms with van der Waals surface area (Å²) in [4.78, 5) is 17.4. The molecule has 2 aromatic rings. The van der Waals surface area contributed by atoms with Crippen molar-refractivity contribution in [3.8, 4) is 0 Å². The second-order valence-electron chi connectivity index (χ2n) is 7.58. The number of ether oxygens (including phenoxy) is 1. The number of aromatic nitrogens is 2. The highest BCUT2D eigenvalue weighted by molar-refractivity contribution is 6.41. The molecule has 4 rings (SSSR count). The van der Waals surface area contributed by atoms with Gasteiger partial charge in [0.15, 0.2) is 0 Å². The number of benzene rings is 1. The van der Waals surface area contributed by atoms with Crippen molar-refractivity contribution >= 4 is 22.5 Å². The molecule has 0 spiro atoms. The molecule has 1 amide bonds. The van der Waals surface area contributed by atoms with Crippen LogP contribution in [-0.2, 0) is 22.1 Å². The zero-order valence-electron chi connectivity index (χ0n) is 15.9. The molecule has 0 saturated carbocycles. The Hall–Kier alpha value is -2.51. The topological polar surface area (TPSA) is 80.5 Å². The lowest BCUT2D eigenvalue weighted by Crippen LogP contribution is -2.50. The van der Waals surface area contributed by atoms with Crippen LogP contribution in [0.2, 0.25) is 0 Å². The Balaban J connectivity index is 1.61. The Morgan fingerprint density at radius 3 is 3.04 bits per heavy atom. The Kier molecular flexibility index (Phi) is 4.57. The molecule has 1 saturated heterocycles. The summed E-state index contributed by atoms with van der Waals surface area (Å²) < 4.78 is 7.75. The van der Waals surface area contributed by atoms with Crippen LogP contribution in [0.15, 0.2) is 41.5 Å². The van der Waals surface area contributed by atoms with E-state index in [1.165, 1.54) is 0 Å². The zero-order valence-corrected chi connectivity index (χ0v) is 15.9. The van der Waals surface area contributed by atoms with E-state index >= 15 is 0 Å². The van der Waals surface area contributed by atoms with E-state index in [1.54, 1.807) is 6.20 Å². The fourth-order valence-corrected chi connectivity index (χ4v) is 3.79. The lowest BCUT2D eigenvalue weighted by Gasteiger charge is -2.29. The largest absolute Gasteiger partial charge is 0.370 e. The second kappa shape index (κ2) is 6.90. The highest BCUT2D eigenvalue weighted by Crippen LogP contribution is 2.28. The summed E-state index contributed by atoms with van der Waals surface area (Å²) in [5, 5.41) is 12.1. The molecule has 2 N–H and O–H groups in total. The minimum absolute atomic E-state index is 0.115. The van der Waals surface area contributed by atoms with Crippen molar-refractivity contribution in [2.24, 2.45) is 18.0 Å². The predicted octanol–water partition coefficient (Wildman–Crippen LogP) is 1.50. The first-order valence-corrected chi connectivity index (χ1v) is 9.29. The van der Waals surface area contributed by atoms with E-state index in [0.717, 1.165) is 29.7 Å². The molecule has 0 bridgehead atoms. The monoisotopic (exact) mass is 367 g/mol. The van der Waals surface area contributed by atoms with Gasteiger partial charge >= 0.3 is 0 Å². The number of carbonyl (C=O) groups excluding carboxylic acids is 1. The average molecular weight is 367 g/mol. The number of fused-ring (bicyclic) bond motifs is 2. The molecule has 2 atom stereocenters. The van der Waals surface area contributed by atoms with Gasteiger partial charge in [-0.3, -0.25) is 14.5 Å². The van der Waals surface area contributed by atoms with Gasteiger partial charge in [-0.15, -0.1) is 0 Å². The average Bonchev–Trinajstić information content (AvgIpc) is 2.83. The van der Waals surface area contributed by atoms with Gasteiger partial charge in [-0.05, 0) is 19.9 Å². The molecule has 2 aliphatic rings. The molecule has 0 aliphatic carbocycles. The highest BCUT2D eigenvalue weighted by atomic mass is 16.5. The number of hydrogen-bond acceptors (Lipinski definition) is 5. The number of nitrogens with zero attached hydrogens (tertiary/aromatic N) is 3. The number of carbonyl (C=O) groups is 1. The van der Waals surface area contributed by atoms with E-state index in [-0.39, 0.29) is 17.9 Å². The molecule has 7 nitrogen and oxygen atoms in total. The summed E-state index contributed by atoms with van der Waals surface area (Å²) in [5.74, 6) is -0.0967. The van der Waals surface area contributed by atoms with Gasteiger partial charge in [0, 0.05) is 37.6 Å². The zero-order chi connectivity index (χ0) is 19.0. The standard InChI is InChI=1S/C20H25N5O2/c1-20(2,18-14-6-4-5-7-15(14)25(3)24-18)23-19(26)16-17-13(8-9-22-16)12-21-10-11-27-17/h4-9,13,17,21H,10-12H2,1-3H3,(H,23,26). The maximum absolute atomic E-state index is 13.1.